The summed E-state index contributed by atoms with van der Waals surface area (Å²) < 4.78 is 11.0. The van der Waals surface area contributed by atoms with E-state index in [0.29, 0.717) is 0 Å². The summed E-state index contributed by atoms with van der Waals surface area (Å²) in [6.07, 6.45) is 0. The molecule has 1 rings (SSSR count). The van der Waals surface area contributed by atoms with Gasteiger partial charge >= 0.3 is 5.05 Å². The fraction of sp³-hybridized carbons (Fsp3) is 0.143. The minimum atomic E-state index is -3.05. The first-order valence-corrected chi connectivity index (χ1v) is 8.17. The largest absolute Gasteiger partial charge is 0.311 e. The molecule has 0 aromatic heterocycles. The van der Waals surface area contributed by atoms with Gasteiger partial charge < -0.3 is 0 Å². The van der Waals surface area contributed by atoms with E-state index in [1.54, 1.807) is 0 Å². The maximum absolute atomic E-state index is 11.0. The van der Waals surface area contributed by atoms with E-state index in [9.17, 15) is 4.57 Å². The number of halogens is 2. The Labute approximate surface area is 85.1 Å². The molecule has 0 N–H and O–H groups in total. The monoisotopic (exact) mass is 240 g/mol. The highest BCUT2D eigenvalue weighted by atomic mass is 35.9. The minimum Gasteiger partial charge on any atom is -0.277 e. The van der Waals surface area contributed by atoms with Gasteiger partial charge in [-0.1, -0.05) is 18.2 Å². The van der Waals surface area contributed by atoms with E-state index in [4.69, 9.17) is 22.5 Å². The molecule has 0 fully saturated rings. The molecule has 0 unspecified atom stereocenters. The molecule has 0 radical (unpaired) electrons. The Hall–Kier alpha value is 0.380. The zero-order chi connectivity index (χ0) is 9.19. The molecular weight excluding hydrogens is 234 g/mol. The van der Waals surface area contributed by atoms with Crippen LogP contribution in [0.25, 0.3) is 0 Å². The molecule has 66 valence electrons. The highest BCUT2D eigenvalue weighted by molar-refractivity contribution is 8.72. The van der Waals surface area contributed by atoms with Crippen LogP contribution in [0.1, 0.15) is 5.56 Å². The van der Waals surface area contributed by atoms with Crippen LogP contribution in [-0.2, 0) is 4.57 Å². The first-order chi connectivity index (χ1) is 5.49. The smallest absolute Gasteiger partial charge is 0.277 e. The molecule has 1 aromatic rings. The van der Waals surface area contributed by atoms with Crippen LogP contribution in [0.3, 0.4) is 0 Å². The van der Waals surface area contributed by atoms with E-state index in [2.05, 4.69) is 0 Å². The Morgan fingerprint density at radius 3 is 2.42 bits per heavy atom. The standard InChI is InChI=1S/C7H7Cl2OPS/c1-6-4-2-3-5-7(6)12-11(8,9)10/h2-5H,1H3. The third kappa shape index (κ3) is 3.40. The van der Waals surface area contributed by atoms with Gasteiger partial charge in [0.25, 0.3) is 0 Å². The average Bonchev–Trinajstić information content (AvgIpc) is 1.91. The first-order valence-electron chi connectivity index (χ1n) is 3.23. The van der Waals surface area contributed by atoms with Crippen molar-refractivity contribution in [2.45, 2.75) is 11.8 Å². The number of benzene rings is 1. The number of aryl methyl sites for hydroxylation is 1. The van der Waals surface area contributed by atoms with Crippen LogP contribution >= 0.6 is 38.9 Å². The van der Waals surface area contributed by atoms with Crippen molar-refractivity contribution in [3.63, 3.8) is 0 Å². The summed E-state index contributed by atoms with van der Waals surface area (Å²) in [6.45, 7) is 1.92. The van der Waals surface area contributed by atoms with Crippen molar-refractivity contribution in [1.29, 1.82) is 0 Å². The van der Waals surface area contributed by atoms with Crippen molar-refractivity contribution in [3.8, 4) is 0 Å². The molecular formula is C7H7Cl2OPS. The topological polar surface area (TPSA) is 17.1 Å². The van der Waals surface area contributed by atoms with E-state index in [0.717, 1.165) is 21.8 Å². The van der Waals surface area contributed by atoms with Crippen molar-refractivity contribution >= 4 is 38.9 Å². The van der Waals surface area contributed by atoms with Crippen molar-refractivity contribution in [2.75, 3.05) is 0 Å². The second-order valence-electron chi connectivity index (χ2n) is 2.27. The summed E-state index contributed by atoms with van der Waals surface area (Å²) in [5, 5.41) is -3.05. The van der Waals surface area contributed by atoms with Gasteiger partial charge in [0, 0.05) is 4.90 Å². The molecule has 0 heterocycles. The van der Waals surface area contributed by atoms with Gasteiger partial charge in [-0.2, -0.15) is 0 Å². The van der Waals surface area contributed by atoms with Crippen LogP contribution in [0.5, 0.6) is 0 Å². The van der Waals surface area contributed by atoms with Gasteiger partial charge in [-0.25, -0.2) is 0 Å². The quantitative estimate of drug-likeness (QED) is 0.699. The molecule has 0 bridgehead atoms. The lowest BCUT2D eigenvalue weighted by molar-refractivity contribution is 0.600. The van der Waals surface area contributed by atoms with Gasteiger partial charge in [-0.05, 0) is 52.4 Å². The lowest BCUT2D eigenvalue weighted by Crippen LogP contribution is -1.74. The fourth-order valence-electron chi connectivity index (χ4n) is 0.773. The second-order valence-corrected chi connectivity index (χ2v) is 10.4. The van der Waals surface area contributed by atoms with Crippen LogP contribution < -0.4 is 0 Å². The lowest BCUT2D eigenvalue weighted by Gasteiger charge is -2.03. The van der Waals surface area contributed by atoms with Gasteiger partial charge in [0.15, 0.2) is 0 Å². The van der Waals surface area contributed by atoms with Crippen molar-refractivity contribution < 1.29 is 4.57 Å². The Kier molecular flexibility index (Phi) is 3.54. The summed E-state index contributed by atoms with van der Waals surface area (Å²) in [6, 6.07) is 7.54. The van der Waals surface area contributed by atoms with Gasteiger partial charge in [-0.15, -0.1) is 0 Å². The highest BCUT2D eigenvalue weighted by Gasteiger charge is 2.16. The van der Waals surface area contributed by atoms with E-state index < -0.39 is 5.05 Å². The summed E-state index contributed by atoms with van der Waals surface area (Å²) >= 11 is 11.9. The van der Waals surface area contributed by atoms with Crippen molar-refractivity contribution in [2.24, 2.45) is 0 Å². The Balaban J connectivity index is 2.90. The summed E-state index contributed by atoms with van der Waals surface area (Å²) in [4.78, 5) is 0.867. The van der Waals surface area contributed by atoms with Crippen LogP contribution in [0.4, 0.5) is 0 Å². The third-order valence-electron chi connectivity index (χ3n) is 1.30. The predicted molar refractivity (Wildman–Crippen MR) is 56.3 cm³/mol. The van der Waals surface area contributed by atoms with Gasteiger partial charge in [0.2, 0.25) is 0 Å². The molecule has 0 spiro atoms. The van der Waals surface area contributed by atoms with Crippen LogP contribution in [0.15, 0.2) is 29.2 Å². The Bertz CT molecular complexity index is 323. The molecule has 1 aromatic carbocycles. The van der Waals surface area contributed by atoms with Crippen molar-refractivity contribution in [3.05, 3.63) is 29.8 Å². The van der Waals surface area contributed by atoms with E-state index in [1.807, 2.05) is 31.2 Å². The molecule has 0 atom stereocenters. The van der Waals surface area contributed by atoms with Gasteiger partial charge in [-0.3, -0.25) is 4.57 Å². The predicted octanol–water partition coefficient (Wildman–Crippen LogP) is 4.67. The van der Waals surface area contributed by atoms with E-state index >= 15 is 0 Å². The third-order valence-corrected chi connectivity index (χ3v) is 4.64. The number of hydrogen-bond acceptors (Lipinski definition) is 2. The maximum atomic E-state index is 11.0. The van der Waals surface area contributed by atoms with Gasteiger partial charge in [0.05, 0.1) is 0 Å². The second kappa shape index (κ2) is 4.06. The van der Waals surface area contributed by atoms with E-state index in [1.165, 1.54) is 0 Å². The SMILES string of the molecule is Cc1ccccc1SP(=O)(Cl)Cl. The highest BCUT2D eigenvalue weighted by Crippen LogP contribution is 2.70. The molecule has 0 aliphatic heterocycles. The van der Waals surface area contributed by atoms with Crippen LogP contribution in [0, 0.1) is 6.92 Å². The average molecular weight is 241 g/mol. The van der Waals surface area contributed by atoms with Crippen LogP contribution in [-0.4, -0.2) is 0 Å². The normalized spacial score (nSPS) is 11.6. The molecule has 1 nitrogen and oxygen atoms in total. The fourth-order valence-corrected chi connectivity index (χ4v) is 3.99. The number of hydrogen-bond donors (Lipinski definition) is 0. The van der Waals surface area contributed by atoms with Crippen LogP contribution in [0.2, 0.25) is 0 Å². The van der Waals surface area contributed by atoms with E-state index in [-0.39, 0.29) is 0 Å². The maximum Gasteiger partial charge on any atom is 0.311 e. The lowest BCUT2D eigenvalue weighted by atomic mass is 10.2. The molecule has 0 aliphatic carbocycles. The molecule has 5 heteroatoms. The summed E-state index contributed by atoms with van der Waals surface area (Å²) in [7, 11) is 0. The molecule has 12 heavy (non-hydrogen) atoms. The zero-order valence-electron chi connectivity index (χ0n) is 6.33. The molecule has 0 amide bonds. The summed E-state index contributed by atoms with van der Waals surface area (Å²) in [5.41, 5.74) is 1.03. The van der Waals surface area contributed by atoms with Crippen molar-refractivity contribution in [1.82, 2.24) is 0 Å². The molecule has 0 aliphatic rings. The zero-order valence-corrected chi connectivity index (χ0v) is 9.55. The number of rotatable bonds is 2. The molecule has 0 saturated carbocycles. The Morgan fingerprint density at radius 1 is 1.33 bits per heavy atom. The minimum absolute atomic E-state index is 0.867. The Morgan fingerprint density at radius 2 is 1.92 bits per heavy atom. The molecule has 0 saturated heterocycles. The summed E-state index contributed by atoms with van der Waals surface area (Å²) in [5.74, 6) is 0. The first kappa shape index (κ1) is 10.5. The van der Waals surface area contributed by atoms with Gasteiger partial charge in [0.1, 0.15) is 0 Å².